The van der Waals surface area contributed by atoms with Crippen LogP contribution in [-0.2, 0) is 6.61 Å². The minimum atomic E-state index is -0.813. The second-order valence-corrected chi connectivity index (χ2v) is 9.78. The molecule has 1 atom stereocenters. The molecule has 5 aromatic rings. The van der Waals surface area contributed by atoms with Gasteiger partial charge in [-0.1, -0.05) is 59.3 Å². The third-order valence-corrected chi connectivity index (χ3v) is 7.13. The summed E-state index contributed by atoms with van der Waals surface area (Å²) in [6.07, 6.45) is 0. The van der Waals surface area contributed by atoms with Crippen molar-refractivity contribution in [1.29, 1.82) is 0 Å². The van der Waals surface area contributed by atoms with Crippen LogP contribution in [0.4, 0.5) is 5.13 Å². The van der Waals surface area contributed by atoms with E-state index in [1.54, 1.807) is 30.3 Å². The molecule has 1 unspecified atom stereocenters. The van der Waals surface area contributed by atoms with E-state index in [1.807, 2.05) is 43.3 Å². The van der Waals surface area contributed by atoms with Gasteiger partial charge >= 0.3 is 0 Å². The molecule has 0 fully saturated rings. The van der Waals surface area contributed by atoms with Gasteiger partial charge in [0, 0.05) is 5.02 Å². The van der Waals surface area contributed by atoms with Gasteiger partial charge in [0.15, 0.2) is 16.9 Å². The number of carbonyl (C=O) groups excluding carboxylic acids is 1. The molecule has 2 aromatic heterocycles. The van der Waals surface area contributed by atoms with Crippen LogP contribution in [0.1, 0.15) is 40.2 Å². The maximum Gasteiger partial charge on any atom is 0.297 e. The van der Waals surface area contributed by atoms with E-state index < -0.39 is 11.9 Å². The SMILES string of the molecule is CCOc1cc(C2c3c(oc4ccc(Cl)cc4c3=O)C(=O)N2c2nncs2)ccc1OCc1ccccc1. The van der Waals surface area contributed by atoms with Crippen LogP contribution >= 0.6 is 22.9 Å². The van der Waals surface area contributed by atoms with Crippen molar-refractivity contribution in [3.05, 3.63) is 110 Å². The summed E-state index contributed by atoms with van der Waals surface area (Å²) in [7, 11) is 0. The molecule has 190 valence electrons. The molecular weight excluding hydrogens is 526 g/mol. The van der Waals surface area contributed by atoms with Crippen LogP contribution in [0.2, 0.25) is 5.02 Å². The lowest BCUT2D eigenvalue weighted by atomic mass is 9.98. The summed E-state index contributed by atoms with van der Waals surface area (Å²) in [5.41, 5.74) is 3.33. The van der Waals surface area contributed by atoms with Crippen LogP contribution in [0, 0.1) is 0 Å². The van der Waals surface area contributed by atoms with Gasteiger partial charge in [0.1, 0.15) is 17.7 Å². The molecule has 8 nitrogen and oxygen atoms in total. The summed E-state index contributed by atoms with van der Waals surface area (Å²) >= 11 is 7.37. The van der Waals surface area contributed by atoms with Crippen LogP contribution < -0.4 is 19.8 Å². The highest BCUT2D eigenvalue weighted by Crippen LogP contribution is 2.43. The Bertz CT molecular complexity index is 1710. The molecule has 6 rings (SSSR count). The third kappa shape index (κ3) is 4.19. The smallest absolute Gasteiger partial charge is 0.297 e. The molecule has 3 heterocycles. The lowest BCUT2D eigenvalue weighted by Crippen LogP contribution is -2.29. The van der Waals surface area contributed by atoms with E-state index in [0.717, 1.165) is 5.56 Å². The first-order valence-corrected chi connectivity index (χ1v) is 13.1. The Morgan fingerprint density at radius 3 is 2.63 bits per heavy atom. The van der Waals surface area contributed by atoms with Gasteiger partial charge in [-0.2, -0.15) is 0 Å². The Morgan fingerprint density at radius 1 is 1.03 bits per heavy atom. The van der Waals surface area contributed by atoms with Crippen LogP contribution in [0.15, 0.2) is 81.5 Å². The molecule has 0 aliphatic carbocycles. The number of carbonyl (C=O) groups is 1. The van der Waals surface area contributed by atoms with E-state index >= 15 is 0 Å². The number of benzene rings is 3. The number of ether oxygens (including phenoxy) is 2. The quantitative estimate of drug-likeness (QED) is 0.246. The fourth-order valence-electron chi connectivity index (χ4n) is 4.55. The number of aromatic nitrogens is 2. The van der Waals surface area contributed by atoms with Gasteiger partial charge in [-0.25, -0.2) is 0 Å². The van der Waals surface area contributed by atoms with Crippen molar-refractivity contribution in [2.45, 2.75) is 19.6 Å². The first-order chi connectivity index (χ1) is 18.5. The number of nitrogens with zero attached hydrogens (tertiary/aromatic N) is 3. The zero-order chi connectivity index (χ0) is 26.2. The zero-order valence-corrected chi connectivity index (χ0v) is 21.7. The minimum absolute atomic E-state index is 0.0348. The monoisotopic (exact) mass is 545 g/mol. The highest BCUT2D eigenvalue weighted by molar-refractivity contribution is 7.13. The molecule has 10 heteroatoms. The van der Waals surface area contributed by atoms with Gasteiger partial charge in [-0.15, -0.1) is 10.2 Å². The van der Waals surface area contributed by atoms with Gasteiger partial charge in [0.2, 0.25) is 10.9 Å². The topological polar surface area (TPSA) is 94.8 Å². The summed E-state index contributed by atoms with van der Waals surface area (Å²) in [6, 6.07) is 19.1. The second-order valence-electron chi connectivity index (χ2n) is 8.53. The number of hydrogen-bond donors (Lipinski definition) is 0. The minimum Gasteiger partial charge on any atom is -0.490 e. The molecule has 1 aliphatic heterocycles. The molecule has 0 bridgehead atoms. The number of halogens is 1. The number of amides is 1. The Morgan fingerprint density at radius 2 is 1.87 bits per heavy atom. The molecule has 1 amide bonds. The van der Waals surface area contributed by atoms with Crippen LogP contribution in [0.3, 0.4) is 0 Å². The van der Waals surface area contributed by atoms with Crippen LogP contribution in [0.25, 0.3) is 11.0 Å². The zero-order valence-electron chi connectivity index (χ0n) is 20.1. The maximum atomic E-state index is 13.8. The van der Waals surface area contributed by atoms with Gasteiger partial charge in [0.05, 0.1) is 23.6 Å². The molecule has 38 heavy (non-hydrogen) atoms. The Balaban J connectivity index is 1.49. The van der Waals surface area contributed by atoms with Crippen molar-refractivity contribution in [3.63, 3.8) is 0 Å². The number of hydrogen-bond acceptors (Lipinski definition) is 8. The fourth-order valence-corrected chi connectivity index (χ4v) is 5.30. The maximum absolute atomic E-state index is 13.8. The van der Waals surface area contributed by atoms with Crippen molar-refractivity contribution >= 4 is 44.9 Å². The molecule has 0 spiro atoms. The highest BCUT2D eigenvalue weighted by Gasteiger charge is 2.45. The van der Waals surface area contributed by atoms with Crippen molar-refractivity contribution in [2.24, 2.45) is 0 Å². The van der Waals surface area contributed by atoms with Crippen molar-refractivity contribution < 1.29 is 18.7 Å². The van der Waals surface area contributed by atoms with Gasteiger partial charge in [0.25, 0.3) is 5.91 Å². The van der Waals surface area contributed by atoms with E-state index in [0.29, 0.717) is 45.8 Å². The molecule has 0 N–H and O–H groups in total. The average Bonchev–Trinajstić information content (AvgIpc) is 3.56. The molecule has 0 saturated heterocycles. The normalized spacial score (nSPS) is 14.6. The number of fused-ring (bicyclic) bond motifs is 2. The standard InChI is InChI=1S/C28H20ClN3O5S/c1-2-35-22-12-17(8-10-21(22)36-14-16-6-4-3-5-7-16)24-23-25(33)19-13-18(29)9-11-20(19)37-26(23)27(34)32(24)28-31-30-15-38-28/h3-13,15,24H,2,14H2,1H3. The van der Waals surface area contributed by atoms with Crippen LogP contribution in [0.5, 0.6) is 11.5 Å². The lowest BCUT2D eigenvalue weighted by Gasteiger charge is -2.23. The van der Waals surface area contributed by atoms with Crippen molar-refractivity contribution in [2.75, 3.05) is 11.5 Å². The fraction of sp³-hybridized carbons (Fsp3) is 0.143. The largest absolute Gasteiger partial charge is 0.490 e. The Hall–Kier alpha value is -4.21. The number of rotatable bonds is 7. The van der Waals surface area contributed by atoms with E-state index in [4.69, 9.17) is 25.5 Å². The predicted octanol–water partition coefficient (Wildman–Crippen LogP) is 6.03. The van der Waals surface area contributed by atoms with E-state index in [1.165, 1.54) is 21.7 Å². The van der Waals surface area contributed by atoms with Gasteiger partial charge in [-0.3, -0.25) is 14.5 Å². The highest BCUT2D eigenvalue weighted by atomic mass is 35.5. The first-order valence-electron chi connectivity index (χ1n) is 11.8. The number of anilines is 1. The molecule has 0 saturated carbocycles. The molecule has 0 radical (unpaired) electrons. The average molecular weight is 546 g/mol. The van der Waals surface area contributed by atoms with E-state index in [-0.39, 0.29) is 22.3 Å². The molecule has 3 aromatic carbocycles. The Kier molecular flexibility index (Phi) is 6.30. The van der Waals surface area contributed by atoms with Crippen molar-refractivity contribution in [3.8, 4) is 11.5 Å². The molecular formula is C28H20ClN3O5S. The first kappa shape index (κ1) is 24.1. The summed E-state index contributed by atoms with van der Waals surface area (Å²) in [6.45, 7) is 2.63. The lowest BCUT2D eigenvalue weighted by molar-refractivity contribution is 0.0970. The van der Waals surface area contributed by atoms with Crippen LogP contribution in [-0.4, -0.2) is 22.7 Å². The summed E-state index contributed by atoms with van der Waals surface area (Å²) in [5, 5.41) is 9.04. The van der Waals surface area contributed by atoms with Gasteiger partial charge in [-0.05, 0) is 48.4 Å². The van der Waals surface area contributed by atoms with Crippen molar-refractivity contribution in [1.82, 2.24) is 10.2 Å². The third-order valence-electron chi connectivity index (χ3n) is 6.21. The molecule has 1 aliphatic rings. The van der Waals surface area contributed by atoms with E-state index in [2.05, 4.69) is 10.2 Å². The van der Waals surface area contributed by atoms with Gasteiger partial charge < -0.3 is 13.9 Å². The van der Waals surface area contributed by atoms with E-state index in [9.17, 15) is 9.59 Å². The second kappa shape index (κ2) is 9.92. The summed E-state index contributed by atoms with van der Waals surface area (Å²) in [5.74, 6) is 0.529. The Labute approximate surface area is 226 Å². The summed E-state index contributed by atoms with van der Waals surface area (Å²) in [4.78, 5) is 28.8. The predicted molar refractivity (Wildman–Crippen MR) is 144 cm³/mol. The summed E-state index contributed by atoms with van der Waals surface area (Å²) < 4.78 is 17.9.